The largest absolute Gasteiger partial charge is 0.497 e. The number of H-pyrrole nitrogens is 1. The van der Waals surface area contributed by atoms with Gasteiger partial charge in [-0.2, -0.15) is 0 Å². The minimum Gasteiger partial charge on any atom is -0.497 e. The van der Waals surface area contributed by atoms with Crippen molar-refractivity contribution in [2.45, 2.75) is 19.4 Å². The molecular weight excluding hydrogens is 388 g/mol. The molecule has 1 aromatic heterocycles. The van der Waals surface area contributed by atoms with Gasteiger partial charge in [0.25, 0.3) is 0 Å². The van der Waals surface area contributed by atoms with Gasteiger partial charge in [0.15, 0.2) is 6.61 Å². The van der Waals surface area contributed by atoms with Crippen LogP contribution in [0, 0.1) is 11.8 Å². The maximum atomic E-state index is 12.8. The highest BCUT2D eigenvalue weighted by atomic mass is 35.5. The number of carbonyl (C=O) groups excluding carboxylic acids is 1. The van der Waals surface area contributed by atoms with E-state index in [1.54, 1.807) is 18.9 Å². The van der Waals surface area contributed by atoms with Crippen molar-refractivity contribution in [3.05, 3.63) is 64.3 Å². The van der Waals surface area contributed by atoms with E-state index in [0.29, 0.717) is 11.6 Å². The third-order valence-corrected chi connectivity index (χ3v) is 5.43. The Bertz CT molecular complexity index is 1110. The van der Waals surface area contributed by atoms with Crippen LogP contribution in [0.4, 0.5) is 4.79 Å². The molecule has 1 atom stereocenters. The molecule has 0 aliphatic carbocycles. The summed E-state index contributed by atoms with van der Waals surface area (Å²) in [6, 6.07) is 13.3. The van der Waals surface area contributed by atoms with Crippen molar-refractivity contribution in [3.8, 4) is 17.6 Å². The van der Waals surface area contributed by atoms with Gasteiger partial charge in [0.05, 0.1) is 7.11 Å². The van der Waals surface area contributed by atoms with Crippen molar-refractivity contribution < 1.29 is 14.3 Å². The van der Waals surface area contributed by atoms with Crippen LogP contribution in [0.2, 0.25) is 5.02 Å². The maximum absolute atomic E-state index is 12.8. The van der Waals surface area contributed by atoms with Crippen LogP contribution >= 0.6 is 11.6 Å². The van der Waals surface area contributed by atoms with E-state index in [4.69, 9.17) is 21.1 Å². The number of amides is 1. The second-order valence-electron chi connectivity index (χ2n) is 6.81. The molecule has 148 valence electrons. The molecule has 1 amide bonds. The third-order valence-electron chi connectivity index (χ3n) is 5.20. The summed E-state index contributed by atoms with van der Waals surface area (Å²) < 4.78 is 10.7. The first-order valence-electron chi connectivity index (χ1n) is 9.39. The Morgan fingerprint density at radius 2 is 2.07 bits per heavy atom. The van der Waals surface area contributed by atoms with Gasteiger partial charge in [-0.25, -0.2) is 4.79 Å². The van der Waals surface area contributed by atoms with Crippen molar-refractivity contribution >= 4 is 28.6 Å². The van der Waals surface area contributed by atoms with Gasteiger partial charge in [-0.1, -0.05) is 35.7 Å². The molecule has 0 saturated carbocycles. The van der Waals surface area contributed by atoms with Crippen LogP contribution in [-0.2, 0) is 11.2 Å². The maximum Gasteiger partial charge on any atom is 0.411 e. The van der Waals surface area contributed by atoms with E-state index < -0.39 is 0 Å². The highest BCUT2D eigenvalue weighted by Crippen LogP contribution is 2.39. The fourth-order valence-electron chi connectivity index (χ4n) is 3.85. The molecule has 0 fully saturated rings. The van der Waals surface area contributed by atoms with Crippen LogP contribution in [0.5, 0.6) is 5.75 Å². The lowest BCUT2D eigenvalue weighted by Gasteiger charge is -2.35. The molecule has 4 rings (SSSR count). The Hall–Kier alpha value is -3.10. The van der Waals surface area contributed by atoms with E-state index in [9.17, 15) is 4.79 Å². The number of aromatic nitrogens is 1. The molecule has 6 heteroatoms. The smallest absolute Gasteiger partial charge is 0.411 e. The average Bonchev–Trinajstić information content (AvgIpc) is 3.10. The zero-order valence-electron chi connectivity index (χ0n) is 16.3. The Morgan fingerprint density at radius 3 is 2.79 bits per heavy atom. The van der Waals surface area contributed by atoms with Crippen molar-refractivity contribution in [3.63, 3.8) is 0 Å². The molecule has 1 N–H and O–H groups in total. The van der Waals surface area contributed by atoms with Crippen LogP contribution < -0.4 is 4.74 Å². The summed E-state index contributed by atoms with van der Waals surface area (Å²) in [4.78, 5) is 18.1. The number of methoxy groups -OCH3 is 1. The van der Waals surface area contributed by atoms with Gasteiger partial charge < -0.3 is 14.5 Å². The second-order valence-corrected chi connectivity index (χ2v) is 7.24. The monoisotopic (exact) mass is 408 g/mol. The fourth-order valence-corrected chi connectivity index (χ4v) is 4.02. The minimum atomic E-state index is -0.379. The second kappa shape index (κ2) is 8.10. The first kappa shape index (κ1) is 19.2. The molecule has 3 aromatic rings. The Balaban J connectivity index is 1.79. The Labute approximate surface area is 174 Å². The van der Waals surface area contributed by atoms with Crippen LogP contribution in [0.3, 0.4) is 0 Å². The fraction of sp³-hybridized carbons (Fsp3) is 0.261. The van der Waals surface area contributed by atoms with Crippen LogP contribution in [0.1, 0.15) is 29.8 Å². The summed E-state index contributed by atoms with van der Waals surface area (Å²) in [7, 11) is 1.63. The number of aromatic amines is 1. The average molecular weight is 409 g/mol. The highest BCUT2D eigenvalue weighted by Gasteiger charge is 2.35. The minimum absolute atomic E-state index is 0.0797. The zero-order chi connectivity index (χ0) is 20.4. The molecule has 0 bridgehead atoms. The number of halogens is 1. The molecule has 0 saturated heterocycles. The van der Waals surface area contributed by atoms with Gasteiger partial charge in [0.2, 0.25) is 0 Å². The summed E-state index contributed by atoms with van der Waals surface area (Å²) in [5.74, 6) is 6.28. The normalized spacial score (nSPS) is 15.4. The lowest BCUT2D eigenvalue weighted by Crippen LogP contribution is -2.41. The predicted molar refractivity (Wildman–Crippen MR) is 113 cm³/mol. The van der Waals surface area contributed by atoms with Crippen LogP contribution in [-0.4, -0.2) is 36.2 Å². The van der Waals surface area contributed by atoms with E-state index in [1.807, 2.05) is 42.5 Å². The topological polar surface area (TPSA) is 54.6 Å². The number of hydrogen-bond acceptors (Lipinski definition) is 3. The third kappa shape index (κ3) is 3.64. The van der Waals surface area contributed by atoms with Crippen molar-refractivity contribution in [1.29, 1.82) is 0 Å². The molecule has 1 aliphatic rings. The van der Waals surface area contributed by atoms with Crippen LogP contribution in [0.25, 0.3) is 10.9 Å². The van der Waals surface area contributed by atoms with Gasteiger partial charge in [-0.05, 0) is 48.7 Å². The Kier molecular flexibility index (Phi) is 5.37. The highest BCUT2D eigenvalue weighted by molar-refractivity contribution is 6.31. The van der Waals surface area contributed by atoms with Gasteiger partial charge in [0, 0.05) is 28.2 Å². The molecule has 1 unspecified atom stereocenters. The summed E-state index contributed by atoms with van der Waals surface area (Å²) >= 11 is 6.19. The van der Waals surface area contributed by atoms with E-state index in [1.165, 1.54) is 5.56 Å². The number of hydrogen-bond donors (Lipinski definition) is 1. The molecule has 2 heterocycles. The molecule has 29 heavy (non-hydrogen) atoms. The molecule has 1 aliphatic heterocycles. The standard InChI is InChI=1S/C23H21ClN2O3/c1-3-4-13-29-23(27)26-12-11-19-18-10-7-16(24)14-20(18)25-21(19)22(26)15-5-8-17(28-2)9-6-15/h5-10,14,22,25H,11-13H2,1-2H3. The van der Waals surface area contributed by atoms with Gasteiger partial charge in [0.1, 0.15) is 11.8 Å². The van der Waals surface area contributed by atoms with E-state index in [0.717, 1.165) is 34.3 Å². The molecule has 2 aromatic carbocycles. The summed E-state index contributed by atoms with van der Waals surface area (Å²) in [5, 5.41) is 1.80. The number of carbonyl (C=O) groups is 1. The summed E-state index contributed by atoms with van der Waals surface area (Å²) in [5.41, 5.74) is 4.13. The quantitative estimate of drug-likeness (QED) is 0.624. The molecule has 5 nitrogen and oxygen atoms in total. The molecule has 0 spiro atoms. The number of rotatable bonds is 3. The number of benzene rings is 2. The van der Waals surface area contributed by atoms with E-state index in [-0.39, 0.29) is 18.7 Å². The first-order chi connectivity index (χ1) is 14.1. The van der Waals surface area contributed by atoms with Crippen molar-refractivity contribution in [2.75, 3.05) is 20.3 Å². The molecular formula is C23H21ClN2O3. The molecule has 0 radical (unpaired) electrons. The first-order valence-corrected chi connectivity index (χ1v) is 9.77. The SMILES string of the molecule is CC#CCOC(=O)N1CCc2c([nH]c3cc(Cl)ccc23)C1c1ccc(OC)cc1. The van der Waals surface area contributed by atoms with Gasteiger partial charge in [-0.3, -0.25) is 4.90 Å². The zero-order valence-corrected chi connectivity index (χ0v) is 17.0. The van der Waals surface area contributed by atoms with Crippen molar-refractivity contribution in [1.82, 2.24) is 9.88 Å². The van der Waals surface area contributed by atoms with Crippen LogP contribution in [0.15, 0.2) is 42.5 Å². The predicted octanol–water partition coefficient (Wildman–Crippen LogP) is 4.94. The number of nitrogens with one attached hydrogen (secondary N) is 1. The lowest BCUT2D eigenvalue weighted by molar-refractivity contribution is 0.0993. The van der Waals surface area contributed by atoms with Gasteiger partial charge >= 0.3 is 6.09 Å². The van der Waals surface area contributed by atoms with E-state index in [2.05, 4.69) is 16.8 Å². The number of fused-ring (bicyclic) bond motifs is 3. The Morgan fingerprint density at radius 1 is 1.28 bits per heavy atom. The number of ether oxygens (including phenoxy) is 2. The number of nitrogens with zero attached hydrogens (tertiary/aromatic N) is 1. The van der Waals surface area contributed by atoms with Crippen molar-refractivity contribution in [2.24, 2.45) is 0 Å². The van der Waals surface area contributed by atoms with Gasteiger partial charge in [-0.15, -0.1) is 5.92 Å². The lowest BCUT2D eigenvalue weighted by atomic mass is 9.92. The summed E-state index contributed by atoms with van der Waals surface area (Å²) in [6.45, 7) is 2.35. The van der Waals surface area contributed by atoms with E-state index >= 15 is 0 Å². The summed E-state index contributed by atoms with van der Waals surface area (Å²) in [6.07, 6.45) is 0.356.